The molecular formula is C25H28N4O3S. The Morgan fingerprint density at radius 3 is 2.48 bits per heavy atom. The minimum absolute atomic E-state index is 0.0859. The van der Waals surface area contributed by atoms with E-state index in [0.29, 0.717) is 21.6 Å². The lowest BCUT2D eigenvalue weighted by Crippen LogP contribution is -2.36. The molecule has 2 aliphatic heterocycles. The minimum Gasteiger partial charge on any atom is -0.378 e. The Bertz CT molecular complexity index is 1260. The highest BCUT2D eigenvalue weighted by molar-refractivity contribution is 7.18. The number of nitrogens with zero attached hydrogens (tertiary/aromatic N) is 3. The molecule has 0 bridgehead atoms. The number of morpholine rings is 1. The van der Waals surface area contributed by atoms with Crippen molar-refractivity contribution in [2.45, 2.75) is 26.7 Å². The van der Waals surface area contributed by atoms with Gasteiger partial charge in [0.15, 0.2) is 0 Å². The van der Waals surface area contributed by atoms with E-state index in [1.165, 1.54) is 11.3 Å². The number of anilines is 1. The summed E-state index contributed by atoms with van der Waals surface area (Å²) in [6.45, 7) is 8.61. The van der Waals surface area contributed by atoms with Crippen LogP contribution in [0.4, 0.5) is 5.69 Å². The Hall–Kier alpha value is -2.97. The summed E-state index contributed by atoms with van der Waals surface area (Å²) in [6, 6.07) is 8.16. The fourth-order valence-corrected chi connectivity index (χ4v) is 5.50. The smallest absolute Gasteiger partial charge is 0.260 e. The van der Waals surface area contributed by atoms with Crippen LogP contribution in [-0.2, 0) is 9.53 Å². The highest BCUT2D eigenvalue weighted by atomic mass is 32.1. The standard InChI is InChI=1S/C25H28N4O3S/c1-16-17(2)33-24-21(16)23(30)26-22(27-24)20(25(31)29-9-3-4-10-29)15-18-5-7-19(8-6-18)28-11-13-32-14-12-28/h5-8,15H,3-4,9-14H2,1-2H3,(H,26,27,30)/b20-15-. The number of aryl methyl sites for hydroxylation is 2. The van der Waals surface area contributed by atoms with Gasteiger partial charge in [-0.25, -0.2) is 4.98 Å². The van der Waals surface area contributed by atoms with E-state index < -0.39 is 0 Å². The average molecular weight is 465 g/mol. The second kappa shape index (κ2) is 9.11. The summed E-state index contributed by atoms with van der Waals surface area (Å²) in [5, 5.41) is 0.615. The number of ether oxygens (including phenoxy) is 1. The topological polar surface area (TPSA) is 78.5 Å². The lowest BCUT2D eigenvalue weighted by atomic mass is 10.1. The molecule has 5 rings (SSSR count). The second-order valence-electron chi connectivity index (χ2n) is 8.63. The zero-order valence-corrected chi connectivity index (χ0v) is 19.8. The molecule has 1 N–H and O–H groups in total. The molecule has 172 valence electrons. The number of aromatic amines is 1. The number of aromatic nitrogens is 2. The molecule has 3 aromatic rings. The number of hydrogen-bond acceptors (Lipinski definition) is 6. The van der Waals surface area contributed by atoms with Gasteiger partial charge in [-0.1, -0.05) is 12.1 Å². The van der Waals surface area contributed by atoms with Gasteiger partial charge < -0.3 is 19.5 Å². The molecule has 2 aromatic heterocycles. The van der Waals surface area contributed by atoms with Gasteiger partial charge in [-0.05, 0) is 56.0 Å². The molecular weight excluding hydrogens is 436 g/mol. The van der Waals surface area contributed by atoms with Crippen molar-refractivity contribution in [2.24, 2.45) is 0 Å². The first-order chi connectivity index (χ1) is 16.0. The first-order valence-corrected chi connectivity index (χ1v) is 12.3. The summed E-state index contributed by atoms with van der Waals surface area (Å²) in [7, 11) is 0. The van der Waals surface area contributed by atoms with E-state index in [1.54, 1.807) is 0 Å². The van der Waals surface area contributed by atoms with Gasteiger partial charge in [-0.3, -0.25) is 9.59 Å². The molecule has 1 aromatic carbocycles. The van der Waals surface area contributed by atoms with Gasteiger partial charge in [-0.15, -0.1) is 11.3 Å². The van der Waals surface area contributed by atoms with Crippen molar-refractivity contribution < 1.29 is 9.53 Å². The zero-order chi connectivity index (χ0) is 22.9. The SMILES string of the molecule is Cc1sc2nc(/C(=C/c3ccc(N4CCOCC4)cc3)C(=O)N3CCCC3)[nH]c(=O)c2c1C. The van der Waals surface area contributed by atoms with Crippen LogP contribution in [0.25, 0.3) is 21.9 Å². The molecule has 2 aliphatic rings. The van der Waals surface area contributed by atoms with Crippen LogP contribution < -0.4 is 10.5 Å². The molecule has 4 heterocycles. The van der Waals surface area contributed by atoms with E-state index in [0.717, 1.165) is 73.9 Å². The monoisotopic (exact) mass is 464 g/mol. The maximum Gasteiger partial charge on any atom is 0.260 e. The summed E-state index contributed by atoms with van der Waals surface area (Å²) in [5.74, 6) is 0.250. The number of hydrogen-bond donors (Lipinski definition) is 1. The summed E-state index contributed by atoms with van der Waals surface area (Å²) in [5.41, 5.74) is 3.22. The van der Waals surface area contributed by atoms with Crippen LogP contribution in [0.15, 0.2) is 29.1 Å². The van der Waals surface area contributed by atoms with Crippen molar-refractivity contribution in [1.82, 2.24) is 14.9 Å². The van der Waals surface area contributed by atoms with Crippen molar-refractivity contribution in [1.29, 1.82) is 0 Å². The van der Waals surface area contributed by atoms with Gasteiger partial charge in [0.2, 0.25) is 0 Å². The fraction of sp³-hybridized carbons (Fsp3) is 0.400. The highest BCUT2D eigenvalue weighted by Gasteiger charge is 2.25. The van der Waals surface area contributed by atoms with Crippen LogP contribution in [-0.4, -0.2) is 60.2 Å². The van der Waals surface area contributed by atoms with E-state index in [1.807, 2.05) is 37.0 Å². The van der Waals surface area contributed by atoms with Crippen LogP contribution in [0, 0.1) is 13.8 Å². The first kappa shape index (κ1) is 21.9. The Labute approximate surface area is 196 Å². The number of likely N-dealkylation sites (tertiary alicyclic amines) is 1. The largest absolute Gasteiger partial charge is 0.378 e. The summed E-state index contributed by atoms with van der Waals surface area (Å²) in [4.78, 5) is 39.9. The number of nitrogens with one attached hydrogen (secondary N) is 1. The van der Waals surface area contributed by atoms with E-state index in [4.69, 9.17) is 9.72 Å². The van der Waals surface area contributed by atoms with E-state index >= 15 is 0 Å². The number of H-pyrrole nitrogens is 1. The number of carbonyl (C=O) groups excluding carboxylic acids is 1. The average Bonchev–Trinajstić information content (AvgIpc) is 3.47. The van der Waals surface area contributed by atoms with Gasteiger partial charge in [-0.2, -0.15) is 0 Å². The van der Waals surface area contributed by atoms with Crippen molar-refractivity contribution in [2.75, 3.05) is 44.3 Å². The van der Waals surface area contributed by atoms with Crippen LogP contribution in [0.2, 0.25) is 0 Å². The number of fused-ring (bicyclic) bond motifs is 1. The molecule has 0 atom stereocenters. The Balaban J connectivity index is 1.55. The van der Waals surface area contributed by atoms with Crippen molar-refractivity contribution in [3.63, 3.8) is 0 Å². The first-order valence-electron chi connectivity index (χ1n) is 11.5. The Morgan fingerprint density at radius 1 is 1.09 bits per heavy atom. The molecule has 0 spiro atoms. The lowest BCUT2D eigenvalue weighted by molar-refractivity contribution is -0.123. The highest BCUT2D eigenvalue weighted by Crippen LogP contribution is 2.28. The molecule has 0 aliphatic carbocycles. The van der Waals surface area contributed by atoms with Crippen LogP contribution >= 0.6 is 11.3 Å². The van der Waals surface area contributed by atoms with Gasteiger partial charge in [0.1, 0.15) is 10.7 Å². The quantitative estimate of drug-likeness (QED) is 0.597. The number of rotatable bonds is 4. The third-order valence-electron chi connectivity index (χ3n) is 6.50. The number of amides is 1. The normalized spacial score (nSPS) is 17.2. The molecule has 8 heteroatoms. The molecule has 0 unspecified atom stereocenters. The molecule has 33 heavy (non-hydrogen) atoms. The Morgan fingerprint density at radius 2 is 1.79 bits per heavy atom. The zero-order valence-electron chi connectivity index (χ0n) is 19.0. The third kappa shape index (κ3) is 4.32. The van der Waals surface area contributed by atoms with E-state index in [2.05, 4.69) is 22.0 Å². The van der Waals surface area contributed by atoms with Crippen LogP contribution in [0.3, 0.4) is 0 Å². The van der Waals surface area contributed by atoms with E-state index in [9.17, 15) is 9.59 Å². The maximum atomic E-state index is 13.5. The van der Waals surface area contributed by atoms with Gasteiger partial charge in [0, 0.05) is 36.7 Å². The number of benzene rings is 1. The van der Waals surface area contributed by atoms with Gasteiger partial charge in [0.25, 0.3) is 11.5 Å². The Kier molecular flexibility index (Phi) is 6.03. The summed E-state index contributed by atoms with van der Waals surface area (Å²) in [6.07, 6.45) is 3.85. The third-order valence-corrected chi connectivity index (χ3v) is 7.60. The fourth-order valence-electron chi connectivity index (χ4n) is 4.47. The van der Waals surface area contributed by atoms with Crippen molar-refractivity contribution in [3.05, 3.63) is 56.4 Å². The van der Waals surface area contributed by atoms with Crippen LogP contribution in [0.1, 0.15) is 34.7 Å². The number of carbonyl (C=O) groups is 1. The molecule has 2 saturated heterocycles. The van der Waals surface area contributed by atoms with Gasteiger partial charge >= 0.3 is 0 Å². The van der Waals surface area contributed by atoms with Gasteiger partial charge in [0.05, 0.1) is 24.2 Å². The summed E-state index contributed by atoms with van der Waals surface area (Å²) >= 11 is 1.49. The summed E-state index contributed by atoms with van der Waals surface area (Å²) < 4.78 is 5.44. The van der Waals surface area contributed by atoms with Crippen molar-refractivity contribution in [3.8, 4) is 0 Å². The number of thiophene rings is 1. The predicted molar refractivity (Wildman–Crippen MR) is 133 cm³/mol. The minimum atomic E-state index is -0.195. The maximum absolute atomic E-state index is 13.5. The van der Waals surface area contributed by atoms with Crippen molar-refractivity contribution >= 4 is 44.8 Å². The molecule has 2 fully saturated rings. The lowest BCUT2D eigenvalue weighted by Gasteiger charge is -2.28. The molecule has 0 radical (unpaired) electrons. The molecule has 7 nitrogen and oxygen atoms in total. The molecule has 1 amide bonds. The van der Waals surface area contributed by atoms with Crippen LogP contribution in [0.5, 0.6) is 0 Å². The molecule has 0 saturated carbocycles. The van der Waals surface area contributed by atoms with E-state index in [-0.39, 0.29) is 11.5 Å². The predicted octanol–water partition coefficient (Wildman–Crippen LogP) is 3.60. The second-order valence-corrected chi connectivity index (χ2v) is 9.83.